The van der Waals surface area contributed by atoms with Crippen LogP contribution in [0.25, 0.3) is 0 Å². The average molecular weight is 362 g/mol. The van der Waals surface area contributed by atoms with Crippen LogP contribution in [0.3, 0.4) is 0 Å². The van der Waals surface area contributed by atoms with Gasteiger partial charge in [0.25, 0.3) is 0 Å². The lowest BCUT2D eigenvalue weighted by atomic mass is 9.74. The van der Waals surface area contributed by atoms with Gasteiger partial charge in [0.05, 0.1) is 18.3 Å². The Balaban J connectivity index is 2.17. The van der Waals surface area contributed by atoms with E-state index in [-0.39, 0.29) is 18.8 Å². The zero-order valence-corrected chi connectivity index (χ0v) is 15.2. The zero-order chi connectivity index (χ0) is 19.3. The van der Waals surface area contributed by atoms with Crippen molar-refractivity contribution in [2.45, 2.75) is 51.6 Å². The van der Waals surface area contributed by atoms with Crippen LogP contribution < -0.4 is 0 Å². The number of carboxylic acids is 2. The first-order valence-corrected chi connectivity index (χ1v) is 8.91. The third-order valence-corrected chi connectivity index (χ3v) is 5.03. The number of esters is 1. The van der Waals surface area contributed by atoms with Crippen LogP contribution in [0.5, 0.6) is 0 Å². The summed E-state index contributed by atoms with van der Waals surface area (Å²) >= 11 is 0. The molecular formula is C20H26O6. The summed E-state index contributed by atoms with van der Waals surface area (Å²) in [7, 11) is 0. The molecule has 2 N–H and O–H groups in total. The molecule has 0 aliphatic heterocycles. The van der Waals surface area contributed by atoms with Crippen molar-refractivity contribution in [1.82, 2.24) is 0 Å². The molecule has 0 spiro atoms. The van der Waals surface area contributed by atoms with E-state index in [0.29, 0.717) is 12.8 Å². The molecule has 1 aromatic rings. The van der Waals surface area contributed by atoms with Gasteiger partial charge in [-0.3, -0.25) is 14.4 Å². The molecule has 6 nitrogen and oxygen atoms in total. The van der Waals surface area contributed by atoms with E-state index < -0.39 is 35.3 Å². The number of benzene rings is 1. The number of hydrogen-bond acceptors (Lipinski definition) is 4. The second-order valence-electron chi connectivity index (χ2n) is 7.57. The first kappa shape index (κ1) is 19.9. The van der Waals surface area contributed by atoms with E-state index in [1.807, 2.05) is 37.3 Å². The second-order valence-corrected chi connectivity index (χ2v) is 7.57. The second kappa shape index (κ2) is 8.34. The van der Waals surface area contributed by atoms with Crippen LogP contribution >= 0.6 is 0 Å². The molecule has 4 unspecified atom stereocenters. The van der Waals surface area contributed by atoms with Crippen molar-refractivity contribution in [3.63, 3.8) is 0 Å². The summed E-state index contributed by atoms with van der Waals surface area (Å²) in [6.45, 7) is 3.56. The fourth-order valence-electron chi connectivity index (χ4n) is 3.74. The van der Waals surface area contributed by atoms with Crippen LogP contribution in [-0.4, -0.2) is 33.7 Å². The Labute approximate surface area is 153 Å². The summed E-state index contributed by atoms with van der Waals surface area (Å²) in [5.41, 5.74) is -0.368. The summed E-state index contributed by atoms with van der Waals surface area (Å²) in [6.07, 6.45) is 1.56. The number of rotatable bonds is 7. The van der Waals surface area contributed by atoms with Crippen molar-refractivity contribution in [1.29, 1.82) is 0 Å². The first-order chi connectivity index (χ1) is 12.2. The van der Waals surface area contributed by atoms with Crippen molar-refractivity contribution in [3.8, 4) is 0 Å². The number of carboxylic acid groups (broad SMARTS) is 2. The van der Waals surface area contributed by atoms with Gasteiger partial charge in [-0.1, -0.05) is 37.3 Å². The molecule has 4 atom stereocenters. The van der Waals surface area contributed by atoms with Crippen LogP contribution in [0.4, 0.5) is 0 Å². The van der Waals surface area contributed by atoms with E-state index in [4.69, 9.17) is 4.74 Å². The maximum absolute atomic E-state index is 12.7. The molecule has 0 heterocycles. The van der Waals surface area contributed by atoms with Crippen LogP contribution in [0.1, 0.15) is 45.1 Å². The van der Waals surface area contributed by atoms with E-state index in [9.17, 15) is 24.6 Å². The van der Waals surface area contributed by atoms with Crippen molar-refractivity contribution >= 4 is 17.9 Å². The lowest BCUT2D eigenvalue weighted by Crippen LogP contribution is -2.42. The SMILES string of the molecule is CC1CCC(C(=O)OC(C)(CC(=O)O)Cc2ccccc2)C(C(=O)O)C1. The molecule has 0 amide bonds. The predicted molar refractivity (Wildman–Crippen MR) is 94.5 cm³/mol. The highest BCUT2D eigenvalue weighted by molar-refractivity contribution is 5.82. The van der Waals surface area contributed by atoms with Gasteiger partial charge in [-0.25, -0.2) is 0 Å². The summed E-state index contributed by atoms with van der Waals surface area (Å²) in [5.74, 6) is -3.94. The fraction of sp³-hybridized carbons (Fsp3) is 0.550. The Kier molecular flexibility index (Phi) is 6.40. The third-order valence-electron chi connectivity index (χ3n) is 5.03. The van der Waals surface area contributed by atoms with E-state index in [0.717, 1.165) is 12.0 Å². The molecule has 1 aliphatic rings. The van der Waals surface area contributed by atoms with E-state index in [1.54, 1.807) is 6.92 Å². The van der Waals surface area contributed by atoms with Gasteiger partial charge in [0, 0.05) is 6.42 Å². The van der Waals surface area contributed by atoms with E-state index in [1.165, 1.54) is 0 Å². The number of carbonyl (C=O) groups is 3. The normalized spacial score (nSPS) is 25.1. The summed E-state index contributed by atoms with van der Waals surface area (Å²) < 4.78 is 5.62. The molecule has 1 aromatic carbocycles. The average Bonchev–Trinajstić information content (AvgIpc) is 2.54. The van der Waals surface area contributed by atoms with Gasteiger partial charge in [0.2, 0.25) is 0 Å². The molecule has 142 valence electrons. The third kappa shape index (κ3) is 5.31. The van der Waals surface area contributed by atoms with Gasteiger partial charge in [-0.2, -0.15) is 0 Å². The summed E-state index contributed by atoms with van der Waals surface area (Å²) in [5, 5.41) is 18.7. The maximum atomic E-state index is 12.7. The topological polar surface area (TPSA) is 101 Å². The molecule has 26 heavy (non-hydrogen) atoms. The van der Waals surface area contributed by atoms with Crippen molar-refractivity contribution < 1.29 is 29.3 Å². The summed E-state index contributed by atoms with van der Waals surface area (Å²) in [4.78, 5) is 35.6. The van der Waals surface area contributed by atoms with Crippen LogP contribution in [0.2, 0.25) is 0 Å². The minimum atomic E-state index is -1.23. The standard InChI is InChI=1S/C20H26O6/c1-13-8-9-15(16(10-13)18(23)24)19(25)26-20(2,12-17(21)22)11-14-6-4-3-5-7-14/h3-7,13,15-16H,8-12H2,1-2H3,(H,21,22)(H,23,24). The molecule has 6 heteroatoms. The van der Waals surface area contributed by atoms with E-state index in [2.05, 4.69) is 0 Å². The van der Waals surface area contributed by atoms with Crippen molar-refractivity contribution in [3.05, 3.63) is 35.9 Å². The molecule has 1 saturated carbocycles. The van der Waals surface area contributed by atoms with Gasteiger partial charge in [0.15, 0.2) is 0 Å². The highest BCUT2D eigenvalue weighted by Gasteiger charge is 2.42. The van der Waals surface area contributed by atoms with Gasteiger partial charge >= 0.3 is 17.9 Å². The lowest BCUT2D eigenvalue weighted by molar-refractivity contribution is -0.174. The minimum Gasteiger partial charge on any atom is -0.481 e. The van der Waals surface area contributed by atoms with Crippen LogP contribution in [-0.2, 0) is 25.5 Å². The Morgan fingerprint density at radius 1 is 1.12 bits per heavy atom. The molecule has 0 saturated heterocycles. The monoisotopic (exact) mass is 362 g/mol. The van der Waals surface area contributed by atoms with Gasteiger partial charge in [0.1, 0.15) is 5.60 Å². The Morgan fingerprint density at radius 2 is 1.77 bits per heavy atom. The highest BCUT2D eigenvalue weighted by atomic mass is 16.6. The number of aliphatic carboxylic acids is 2. The fourth-order valence-corrected chi connectivity index (χ4v) is 3.74. The Bertz CT molecular complexity index is 656. The smallest absolute Gasteiger partial charge is 0.310 e. The Hall–Kier alpha value is -2.37. The summed E-state index contributed by atoms with van der Waals surface area (Å²) in [6, 6.07) is 9.21. The quantitative estimate of drug-likeness (QED) is 0.723. The number of hydrogen-bond donors (Lipinski definition) is 2. The number of carbonyl (C=O) groups excluding carboxylic acids is 1. The Morgan fingerprint density at radius 3 is 2.35 bits per heavy atom. The first-order valence-electron chi connectivity index (χ1n) is 8.91. The molecule has 2 rings (SSSR count). The molecule has 0 aromatic heterocycles. The van der Waals surface area contributed by atoms with Crippen LogP contribution in [0.15, 0.2) is 30.3 Å². The molecule has 1 fully saturated rings. The van der Waals surface area contributed by atoms with E-state index >= 15 is 0 Å². The molecule has 1 aliphatic carbocycles. The van der Waals surface area contributed by atoms with Crippen LogP contribution in [0, 0.1) is 17.8 Å². The maximum Gasteiger partial charge on any atom is 0.310 e. The van der Waals surface area contributed by atoms with Crippen molar-refractivity contribution in [2.75, 3.05) is 0 Å². The largest absolute Gasteiger partial charge is 0.481 e. The zero-order valence-electron chi connectivity index (χ0n) is 15.2. The minimum absolute atomic E-state index is 0.245. The lowest BCUT2D eigenvalue weighted by Gasteiger charge is -2.35. The van der Waals surface area contributed by atoms with Gasteiger partial charge in [-0.15, -0.1) is 0 Å². The molecule has 0 bridgehead atoms. The highest BCUT2D eigenvalue weighted by Crippen LogP contribution is 2.36. The predicted octanol–water partition coefficient (Wildman–Crippen LogP) is 3.14. The van der Waals surface area contributed by atoms with Gasteiger partial charge < -0.3 is 14.9 Å². The molecule has 0 radical (unpaired) electrons. The number of ether oxygens (including phenoxy) is 1. The molecular weight excluding hydrogens is 336 g/mol. The van der Waals surface area contributed by atoms with Crippen molar-refractivity contribution in [2.24, 2.45) is 17.8 Å². The van der Waals surface area contributed by atoms with Gasteiger partial charge in [-0.05, 0) is 37.7 Å².